The molecule has 5 aromatic rings. The van der Waals surface area contributed by atoms with E-state index in [1.165, 1.54) is 0 Å². The summed E-state index contributed by atoms with van der Waals surface area (Å²) in [4.78, 5) is 25.5. The van der Waals surface area contributed by atoms with Crippen LogP contribution in [0.25, 0.3) is 16.9 Å². The van der Waals surface area contributed by atoms with Crippen molar-refractivity contribution < 1.29 is 14.3 Å². The maximum Gasteiger partial charge on any atom is 0.359 e. The first-order valence-corrected chi connectivity index (χ1v) is 13.8. The van der Waals surface area contributed by atoms with Gasteiger partial charge in [-0.15, -0.1) is 0 Å². The van der Waals surface area contributed by atoms with Crippen molar-refractivity contribution in [3.8, 4) is 17.0 Å². The minimum absolute atomic E-state index is 0.291. The number of fused-ring (bicyclic) bond motifs is 2. The molecular formula is C33H32N4O3. The van der Waals surface area contributed by atoms with Crippen LogP contribution >= 0.6 is 0 Å². The first-order valence-electron chi connectivity index (χ1n) is 13.8. The van der Waals surface area contributed by atoms with E-state index in [0.29, 0.717) is 23.6 Å². The van der Waals surface area contributed by atoms with Crippen molar-refractivity contribution in [1.82, 2.24) is 14.4 Å². The zero-order valence-electron chi connectivity index (χ0n) is 23.2. The van der Waals surface area contributed by atoms with Gasteiger partial charge in [0.15, 0.2) is 5.69 Å². The Hall–Kier alpha value is -4.65. The molecule has 1 unspecified atom stereocenters. The first-order chi connectivity index (χ1) is 19.5. The highest BCUT2D eigenvalue weighted by Crippen LogP contribution is 2.52. The third kappa shape index (κ3) is 3.84. The molecule has 7 heteroatoms. The van der Waals surface area contributed by atoms with Crippen molar-refractivity contribution in [1.29, 1.82) is 0 Å². The molecule has 0 saturated heterocycles. The summed E-state index contributed by atoms with van der Waals surface area (Å²) in [6, 6.07) is 24.0. The van der Waals surface area contributed by atoms with Gasteiger partial charge in [0.2, 0.25) is 5.60 Å². The molecule has 0 fully saturated rings. The van der Waals surface area contributed by atoms with Crippen LogP contribution in [0.2, 0.25) is 0 Å². The first kappa shape index (κ1) is 25.6. The van der Waals surface area contributed by atoms with Crippen molar-refractivity contribution in [3.63, 3.8) is 0 Å². The summed E-state index contributed by atoms with van der Waals surface area (Å²) in [6.45, 7) is 10.4. The highest BCUT2D eigenvalue weighted by Gasteiger charge is 2.54. The largest absolute Gasteiger partial charge is 0.493 e. The number of imidazole rings is 1. The number of hydrogen-bond donors (Lipinski definition) is 0. The lowest BCUT2D eigenvalue weighted by molar-refractivity contribution is 0.0228. The molecule has 0 spiro atoms. The van der Waals surface area contributed by atoms with E-state index in [1.807, 2.05) is 91.2 Å². The zero-order valence-corrected chi connectivity index (χ0v) is 23.2. The average Bonchev–Trinajstić information content (AvgIpc) is 3.52. The highest BCUT2D eigenvalue weighted by molar-refractivity contribution is 5.95. The number of anilines is 1. The van der Waals surface area contributed by atoms with Gasteiger partial charge in [0.25, 0.3) is 0 Å². The number of esters is 1. The van der Waals surface area contributed by atoms with Crippen molar-refractivity contribution in [2.45, 2.75) is 33.3 Å². The lowest BCUT2D eigenvalue weighted by atomic mass is 9.81. The summed E-state index contributed by atoms with van der Waals surface area (Å²) in [7, 11) is 0. The summed E-state index contributed by atoms with van der Waals surface area (Å²) < 4.78 is 14.9. The molecule has 3 aromatic heterocycles. The molecule has 1 aliphatic heterocycles. The lowest BCUT2D eigenvalue weighted by Gasteiger charge is -2.32. The number of carbonyl (C=O) groups is 1. The summed E-state index contributed by atoms with van der Waals surface area (Å²) in [5.41, 5.74) is 5.56. The molecule has 0 N–H and O–H groups in total. The Bertz CT molecular complexity index is 1710. The molecule has 4 heterocycles. The fraction of sp³-hybridized carbons (Fsp3) is 0.242. The second kappa shape index (κ2) is 10.2. The molecule has 1 aliphatic rings. The third-order valence-corrected chi connectivity index (χ3v) is 7.62. The number of carbonyl (C=O) groups excluding carboxylic acids is 1. The molecule has 0 aliphatic carbocycles. The molecule has 0 amide bonds. The fourth-order valence-electron chi connectivity index (χ4n) is 5.80. The maximum absolute atomic E-state index is 13.6. The predicted molar refractivity (Wildman–Crippen MR) is 156 cm³/mol. The van der Waals surface area contributed by atoms with Crippen LogP contribution < -0.4 is 9.64 Å². The SMILES string of the molecule is CCOc1cc(N(CC)CC)ccc1C1(c2c(-c3ccccc3)nc3c(C)cccn23)OC(=O)c2ncccc21. The van der Waals surface area contributed by atoms with Crippen LogP contribution in [0.3, 0.4) is 0 Å². The van der Waals surface area contributed by atoms with E-state index in [2.05, 4.69) is 29.8 Å². The molecule has 202 valence electrons. The molecule has 2 aromatic carbocycles. The van der Waals surface area contributed by atoms with E-state index < -0.39 is 11.6 Å². The standard InChI is InChI=1S/C33H32N4O3/c1-5-36(6-2)24-17-18-25(27(21-24)39-7-3)33(26-16-11-19-34-29(26)32(38)40-33)30-28(23-14-9-8-10-15-23)35-31-22(4)13-12-20-37(30)31/h8-21H,5-7H2,1-4H3. The minimum atomic E-state index is -1.36. The molecule has 7 nitrogen and oxygen atoms in total. The van der Waals surface area contributed by atoms with Gasteiger partial charge in [-0.3, -0.25) is 4.40 Å². The molecule has 0 bridgehead atoms. The van der Waals surface area contributed by atoms with Gasteiger partial charge < -0.3 is 14.4 Å². The summed E-state index contributed by atoms with van der Waals surface area (Å²) in [5, 5.41) is 0. The Kier molecular flexibility index (Phi) is 6.50. The van der Waals surface area contributed by atoms with Crippen LogP contribution in [0.5, 0.6) is 5.75 Å². The van der Waals surface area contributed by atoms with Crippen LogP contribution in [-0.4, -0.2) is 40.0 Å². The number of aromatic nitrogens is 3. The lowest BCUT2D eigenvalue weighted by Crippen LogP contribution is -2.33. The molecule has 1 atom stereocenters. The second-order valence-electron chi connectivity index (χ2n) is 9.82. The quantitative estimate of drug-likeness (QED) is 0.215. The van der Waals surface area contributed by atoms with Crippen LogP contribution in [0.15, 0.2) is 85.2 Å². The van der Waals surface area contributed by atoms with E-state index >= 15 is 0 Å². The average molecular weight is 533 g/mol. The van der Waals surface area contributed by atoms with E-state index in [1.54, 1.807) is 6.20 Å². The summed E-state index contributed by atoms with van der Waals surface area (Å²) in [5.74, 6) is 0.172. The van der Waals surface area contributed by atoms with Crippen LogP contribution in [-0.2, 0) is 10.3 Å². The van der Waals surface area contributed by atoms with Crippen LogP contribution in [0, 0.1) is 6.92 Å². The maximum atomic E-state index is 13.6. The molecular weight excluding hydrogens is 500 g/mol. The summed E-state index contributed by atoms with van der Waals surface area (Å²) >= 11 is 0. The van der Waals surface area contributed by atoms with Gasteiger partial charge >= 0.3 is 5.97 Å². The number of benzene rings is 2. The van der Waals surface area contributed by atoms with Gasteiger partial charge in [-0.05, 0) is 57.5 Å². The van der Waals surface area contributed by atoms with Crippen molar-refractivity contribution in [3.05, 3.63) is 113 Å². The van der Waals surface area contributed by atoms with E-state index in [0.717, 1.165) is 52.5 Å². The van der Waals surface area contributed by atoms with Gasteiger partial charge in [-0.2, -0.15) is 0 Å². The zero-order chi connectivity index (χ0) is 27.9. The number of rotatable bonds is 8. The predicted octanol–water partition coefficient (Wildman–Crippen LogP) is 6.41. The van der Waals surface area contributed by atoms with Gasteiger partial charge in [0.1, 0.15) is 17.1 Å². The Morgan fingerprint density at radius 3 is 2.48 bits per heavy atom. The van der Waals surface area contributed by atoms with Crippen LogP contribution in [0.4, 0.5) is 5.69 Å². The summed E-state index contributed by atoms with van der Waals surface area (Å²) in [6.07, 6.45) is 3.60. The Balaban J connectivity index is 1.76. The number of cyclic esters (lactones) is 1. The Labute approximate surface area is 234 Å². The van der Waals surface area contributed by atoms with Gasteiger partial charge in [-0.25, -0.2) is 14.8 Å². The normalized spacial score (nSPS) is 16.1. The fourth-order valence-corrected chi connectivity index (χ4v) is 5.80. The van der Waals surface area contributed by atoms with Crippen LogP contribution in [0.1, 0.15) is 53.6 Å². The molecule has 0 radical (unpaired) electrons. The monoisotopic (exact) mass is 532 g/mol. The van der Waals surface area contributed by atoms with E-state index in [4.69, 9.17) is 14.5 Å². The number of aryl methyl sites for hydroxylation is 1. The van der Waals surface area contributed by atoms with Crippen molar-refractivity contribution >= 4 is 17.3 Å². The smallest absolute Gasteiger partial charge is 0.359 e. The minimum Gasteiger partial charge on any atom is -0.493 e. The number of pyridine rings is 2. The second-order valence-corrected chi connectivity index (χ2v) is 9.82. The highest BCUT2D eigenvalue weighted by atomic mass is 16.6. The van der Waals surface area contributed by atoms with Gasteiger partial charge in [-0.1, -0.05) is 42.5 Å². The Morgan fingerprint density at radius 2 is 1.73 bits per heavy atom. The molecule has 6 rings (SSSR count). The van der Waals surface area contributed by atoms with Gasteiger partial charge in [0.05, 0.1) is 12.3 Å². The Morgan fingerprint density at radius 1 is 0.925 bits per heavy atom. The molecule has 0 saturated carbocycles. The number of nitrogens with zero attached hydrogens (tertiary/aromatic N) is 4. The van der Waals surface area contributed by atoms with Gasteiger partial charge in [0, 0.05) is 53.9 Å². The van der Waals surface area contributed by atoms with Crippen molar-refractivity contribution in [2.24, 2.45) is 0 Å². The van der Waals surface area contributed by atoms with E-state index in [-0.39, 0.29) is 0 Å². The van der Waals surface area contributed by atoms with E-state index in [9.17, 15) is 4.79 Å². The third-order valence-electron chi connectivity index (χ3n) is 7.62. The van der Waals surface area contributed by atoms with Crippen molar-refractivity contribution in [2.75, 3.05) is 24.6 Å². The topological polar surface area (TPSA) is 69.0 Å². The number of ether oxygens (including phenoxy) is 2. The molecule has 40 heavy (non-hydrogen) atoms. The number of hydrogen-bond acceptors (Lipinski definition) is 6.